The highest BCUT2D eigenvalue weighted by Gasteiger charge is 2.11. The van der Waals surface area contributed by atoms with Gasteiger partial charge in [0.1, 0.15) is 26.4 Å². The first-order valence-electron chi connectivity index (χ1n) is 7.94. The monoisotopic (exact) mass is 402 g/mol. The molecule has 0 unspecified atom stereocenters. The Morgan fingerprint density at radius 2 is 1.11 bits per heavy atom. The summed E-state index contributed by atoms with van der Waals surface area (Å²) in [4.78, 5) is 55.9. The fraction of sp³-hybridized carbons (Fsp3) is 0.471. The number of ether oxygens (including phenoxy) is 4. The van der Waals surface area contributed by atoms with Crippen molar-refractivity contribution in [3.8, 4) is 0 Å². The number of hydrogen-bond donors (Lipinski definition) is 0. The molecular formula is C17H22O9S. The maximum atomic E-state index is 11.6. The minimum Gasteiger partial charge on any atom is -0.462 e. The lowest BCUT2D eigenvalue weighted by Gasteiger charge is -2.05. The second-order valence-corrected chi connectivity index (χ2v) is 5.81. The Balaban J connectivity index is 3.64. The fourth-order valence-electron chi connectivity index (χ4n) is 1.38. The van der Waals surface area contributed by atoms with E-state index in [9.17, 15) is 24.0 Å². The number of thioether (sulfide) groups is 1. The highest BCUT2D eigenvalue weighted by atomic mass is 32.2. The molecule has 0 radical (unpaired) electrons. The Morgan fingerprint density at radius 1 is 0.667 bits per heavy atom. The van der Waals surface area contributed by atoms with Gasteiger partial charge in [-0.25, -0.2) is 9.59 Å². The topological polar surface area (TPSA) is 122 Å². The van der Waals surface area contributed by atoms with Crippen LogP contribution in [0, 0.1) is 0 Å². The van der Waals surface area contributed by atoms with Crippen LogP contribution in [-0.4, -0.2) is 61.2 Å². The van der Waals surface area contributed by atoms with Gasteiger partial charge in [0.05, 0.1) is 12.8 Å². The molecule has 0 aliphatic carbocycles. The first kappa shape index (κ1) is 24.4. The summed E-state index contributed by atoms with van der Waals surface area (Å²) in [5.74, 6) is -2.14. The third-order valence-electron chi connectivity index (χ3n) is 2.62. The second-order valence-electron chi connectivity index (χ2n) is 4.65. The molecule has 0 spiro atoms. The zero-order chi connectivity index (χ0) is 20.5. The third kappa shape index (κ3) is 15.4. The van der Waals surface area contributed by atoms with Gasteiger partial charge in [0.2, 0.25) is 0 Å². The number of hydrogen-bond acceptors (Lipinski definition) is 10. The van der Waals surface area contributed by atoms with Crippen LogP contribution in [0.5, 0.6) is 0 Å². The van der Waals surface area contributed by atoms with Crippen LogP contribution >= 0.6 is 11.8 Å². The summed E-state index contributed by atoms with van der Waals surface area (Å²) in [5, 5.41) is -0.266. The summed E-state index contributed by atoms with van der Waals surface area (Å²) in [5.41, 5.74) is 0. The summed E-state index contributed by atoms with van der Waals surface area (Å²) < 4.78 is 18.8. The molecule has 0 N–H and O–H groups in total. The quantitative estimate of drug-likeness (QED) is 0.180. The fourth-order valence-corrected chi connectivity index (χ4v) is 2.13. The largest absolute Gasteiger partial charge is 0.462 e. The van der Waals surface area contributed by atoms with Gasteiger partial charge >= 0.3 is 23.9 Å². The van der Waals surface area contributed by atoms with Crippen LogP contribution < -0.4 is 0 Å². The minimum atomic E-state index is -0.617. The Morgan fingerprint density at radius 3 is 1.59 bits per heavy atom. The van der Waals surface area contributed by atoms with Crippen molar-refractivity contribution in [2.45, 2.75) is 19.3 Å². The molecule has 27 heavy (non-hydrogen) atoms. The lowest BCUT2D eigenvalue weighted by atomic mass is 10.3. The Kier molecular flexibility index (Phi) is 14.1. The lowest BCUT2D eigenvalue weighted by Crippen LogP contribution is -2.14. The molecule has 150 valence electrons. The van der Waals surface area contributed by atoms with E-state index in [-0.39, 0.29) is 56.6 Å². The highest BCUT2D eigenvalue weighted by molar-refractivity contribution is 8.13. The molecule has 0 saturated heterocycles. The molecule has 0 amide bonds. The smallest absolute Gasteiger partial charge is 0.330 e. The molecule has 0 aliphatic rings. The Labute approximate surface area is 161 Å². The lowest BCUT2D eigenvalue weighted by molar-refractivity contribution is -0.150. The van der Waals surface area contributed by atoms with Crippen molar-refractivity contribution in [2.24, 2.45) is 0 Å². The third-order valence-corrected chi connectivity index (χ3v) is 3.55. The van der Waals surface area contributed by atoms with E-state index in [0.717, 1.165) is 23.9 Å². The van der Waals surface area contributed by atoms with E-state index < -0.39 is 23.9 Å². The Hall–Kier alpha value is -2.62. The maximum absolute atomic E-state index is 11.6. The van der Waals surface area contributed by atoms with Crippen molar-refractivity contribution < 1.29 is 42.9 Å². The van der Waals surface area contributed by atoms with Gasteiger partial charge < -0.3 is 18.9 Å². The van der Waals surface area contributed by atoms with Crippen molar-refractivity contribution in [3.05, 3.63) is 25.3 Å². The molecule has 0 heterocycles. The molecule has 0 atom stereocenters. The normalized spacial score (nSPS) is 9.63. The molecule has 0 fully saturated rings. The number of rotatable bonds is 14. The first-order valence-corrected chi connectivity index (χ1v) is 8.92. The maximum Gasteiger partial charge on any atom is 0.330 e. The molecule has 0 aliphatic heterocycles. The van der Waals surface area contributed by atoms with Crippen LogP contribution in [0.15, 0.2) is 25.3 Å². The summed E-state index contributed by atoms with van der Waals surface area (Å²) in [7, 11) is 0. The van der Waals surface area contributed by atoms with Gasteiger partial charge in [-0.3, -0.25) is 14.4 Å². The average molecular weight is 402 g/mol. The number of carbonyl (C=O) groups excluding carboxylic acids is 5. The molecule has 0 aromatic carbocycles. The van der Waals surface area contributed by atoms with Crippen molar-refractivity contribution >= 4 is 40.8 Å². The van der Waals surface area contributed by atoms with Gasteiger partial charge in [-0.15, -0.1) is 0 Å². The van der Waals surface area contributed by atoms with E-state index >= 15 is 0 Å². The van der Waals surface area contributed by atoms with Crippen LogP contribution in [0.3, 0.4) is 0 Å². The Bertz CT molecular complexity index is 557. The van der Waals surface area contributed by atoms with Crippen LogP contribution in [0.25, 0.3) is 0 Å². The first-order chi connectivity index (χ1) is 12.9. The van der Waals surface area contributed by atoms with Gasteiger partial charge in [0.15, 0.2) is 5.12 Å². The summed E-state index contributed by atoms with van der Waals surface area (Å²) in [6, 6.07) is 0. The highest BCUT2D eigenvalue weighted by Crippen LogP contribution is 2.10. The van der Waals surface area contributed by atoms with Gasteiger partial charge in [-0.2, -0.15) is 0 Å². The molecular weight excluding hydrogens is 380 g/mol. The van der Waals surface area contributed by atoms with Crippen LogP contribution in [0.4, 0.5) is 0 Å². The average Bonchev–Trinajstić information content (AvgIpc) is 2.66. The van der Waals surface area contributed by atoms with Crippen molar-refractivity contribution in [2.75, 3.05) is 32.2 Å². The predicted molar refractivity (Wildman–Crippen MR) is 95.5 cm³/mol. The van der Waals surface area contributed by atoms with E-state index in [4.69, 9.17) is 9.47 Å². The van der Waals surface area contributed by atoms with Gasteiger partial charge in [-0.05, 0) is 0 Å². The van der Waals surface area contributed by atoms with Crippen molar-refractivity contribution in [1.29, 1.82) is 0 Å². The van der Waals surface area contributed by atoms with Crippen molar-refractivity contribution in [1.82, 2.24) is 0 Å². The molecule has 0 bridgehead atoms. The molecule has 0 aromatic heterocycles. The SMILES string of the molecule is C=CC(=O)OCCOC(=O)CCSC(=O)CCC(=O)OCCOC(=O)C=C. The minimum absolute atomic E-state index is 0.00489. The predicted octanol–water partition coefficient (Wildman–Crippen LogP) is 0.961. The van der Waals surface area contributed by atoms with Crippen molar-refractivity contribution in [3.63, 3.8) is 0 Å². The van der Waals surface area contributed by atoms with Crippen LogP contribution in [-0.2, 0) is 42.9 Å². The van der Waals surface area contributed by atoms with Crippen LogP contribution in [0.1, 0.15) is 19.3 Å². The van der Waals surface area contributed by atoms with Crippen LogP contribution in [0.2, 0.25) is 0 Å². The van der Waals surface area contributed by atoms with E-state index in [2.05, 4.69) is 22.6 Å². The summed E-state index contributed by atoms with van der Waals surface area (Å²) in [6.07, 6.45) is 1.84. The summed E-state index contributed by atoms with van der Waals surface area (Å²) >= 11 is 0.903. The second kappa shape index (κ2) is 15.6. The molecule has 0 rings (SSSR count). The number of esters is 4. The van der Waals surface area contributed by atoms with E-state index in [1.165, 1.54) is 0 Å². The van der Waals surface area contributed by atoms with Gasteiger partial charge in [-0.1, -0.05) is 24.9 Å². The molecule has 10 heteroatoms. The molecule has 0 aromatic rings. The van der Waals surface area contributed by atoms with E-state index in [1.807, 2.05) is 0 Å². The zero-order valence-electron chi connectivity index (χ0n) is 14.8. The van der Waals surface area contributed by atoms with Gasteiger partial charge in [0, 0.05) is 24.3 Å². The van der Waals surface area contributed by atoms with E-state index in [1.54, 1.807) is 0 Å². The van der Waals surface area contributed by atoms with E-state index in [0.29, 0.717) is 0 Å². The molecule has 0 saturated carbocycles. The number of carbonyl (C=O) groups is 5. The standard InChI is InChI=1S/C17H22O9S/c1-3-13(18)23-8-10-25-15(20)5-6-17(22)27-12-7-16(21)26-11-9-24-14(19)4-2/h3-4H,1-2,5-12H2. The summed E-state index contributed by atoms with van der Waals surface area (Å²) in [6.45, 7) is 6.09. The zero-order valence-corrected chi connectivity index (χ0v) is 15.6. The van der Waals surface area contributed by atoms with Gasteiger partial charge in [0.25, 0.3) is 0 Å². The molecule has 9 nitrogen and oxygen atoms in total.